The van der Waals surface area contributed by atoms with Gasteiger partial charge in [0, 0.05) is 29.1 Å². The van der Waals surface area contributed by atoms with Crippen LogP contribution in [0.15, 0.2) is 40.1 Å². The van der Waals surface area contributed by atoms with Crippen molar-refractivity contribution in [3.63, 3.8) is 0 Å². The number of amides is 2. The number of nitrogens with one attached hydrogen (secondary N) is 2. The number of rotatable bonds is 8. The summed E-state index contributed by atoms with van der Waals surface area (Å²) < 4.78 is 41.2. The lowest BCUT2D eigenvalue weighted by atomic mass is 10.2. The van der Waals surface area contributed by atoms with Crippen LogP contribution in [0, 0.1) is 0 Å². The number of sulfone groups is 1. The molecule has 2 N–H and O–H groups in total. The highest BCUT2D eigenvalue weighted by Gasteiger charge is 2.25. The van der Waals surface area contributed by atoms with E-state index in [1.807, 2.05) is 0 Å². The van der Waals surface area contributed by atoms with Crippen LogP contribution in [0.2, 0.25) is 0 Å². The number of hydrogen-bond donors (Lipinski definition) is 2. The summed E-state index contributed by atoms with van der Waals surface area (Å²) in [7, 11) is 0.636. The number of ether oxygens (including phenoxy) is 3. The molecule has 1 aliphatic heterocycles. The summed E-state index contributed by atoms with van der Waals surface area (Å²) in [4.78, 5) is 25.1. The van der Waals surface area contributed by atoms with Crippen LogP contribution >= 0.6 is 11.8 Å². The van der Waals surface area contributed by atoms with E-state index in [4.69, 9.17) is 14.2 Å². The van der Waals surface area contributed by atoms with Gasteiger partial charge in [-0.1, -0.05) is 0 Å². The average Bonchev–Trinajstić information content (AvgIpc) is 2.77. The van der Waals surface area contributed by atoms with E-state index in [0.717, 1.165) is 4.90 Å². The first kappa shape index (κ1) is 23.7. The summed E-state index contributed by atoms with van der Waals surface area (Å²) in [5, 5.41) is 5.11. The van der Waals surface area contributed by atoms with Crippen LogP contribution in [0.1, 0.15) is 13.3 Å². The SMILES string of the molecule is COc1cc(NC(=O)CCS(=O)(=O)c2ccc3c(c2)NC(=O)C(C)S3)cc(OC)c1OC. The summed E-state index contributed by atoms with van der Waals surface area (Å²) in [5.41, 5.74) is 0.839. The van der Waals surface area contributed by atoms with Crippen LogP contribution in [0.25, 0.3) is 0 Å². The molecule has 1 unspecified atom stereocenters. The Morgan fingerprint density at radius 2 is 1.75 bits per heavy atom. The van der Waals surface area contributed by atoms with Crippen molar-refractivity contribution in [2.75, 3.05) is 37.7 Å². The molecule has 1 aliphatic rings. The monoisotopic (exact) mass is 480 g/mol. The highest BCUT2D eigenvalue weighted by molar-refractivity contribution is 8.01. The van der Waals surface area contributed by atoms with E-state index in [0.29, 0.717) is 28.6 Å². The standard InChI is InChI=1S/C21H24N2O7S2/c1-12-21(25)23-15-11-14(5-6-18(15)31-12)32(26,27)8-7-19(24)22-13-9-16(28-2)20(30-4)17(10-13)29-3/h5-6,9-12H,7-8H2,1-4H3,(H,22,24)(H,23,25). The van der Waals surface area contributed by atoms with Gasteiger partial charge in [0.15, 0.2) is 21.3 Å². The van der Waals surface area contributed by atoms with E-state index in [-0.39, 0.29) is 28.2 Å². The number of thioether (sulfide) groups is 1. The minimum Gasteiger partial charge on any atom is -0.493 e. The van der Waals surface area contributed by atoms with Gasteiger partial charge in [-0.25, -0.2) is 8.42 Å². The van der Waals surface area contributed by atoms with Crippen molar-refractivity contribution in [1.82, 2.24) is 0 Å². The molecule has 0 aliphatic carbocycles. The summed E-state index contributed by atoms with van der Waals surface area (Å²) >= 11 is 1.37. The topological polar surface area (TPSA) is 120 Å². The van der Waals surface area contributed by atoms with E-state index in [2.05, 4.69) is 10.6 Å². The molecule has 2 aromatic carbocycles. The Morgan fingerprint density at radius 1 is 1.09 bits per heavy atom. The van der Waals surface area contributed by atoms with Crippen LogP contribution in [-0.4, -0.2) is 52.6 Å². The summed E-state index contributed by atoms with van der Waals surface area (Å²) in [6.45, 7) is 1.78. The maximum Gasteiger partial charge on any atom is 0.237 e. The van der Waals surface area contributed by atoms with Crippen LogP contribution in [0.3, 0.4) is 0 Å². The van der Waals surface area contributed by atoms with Crippen molar-refractivity contribution in [3.8, 4) is 17.2 Å². The first-order valence-corrected chi connectivity index (χ1v) is 12.2. The lowest BCUT2D eigenvalue weighted by Crippen LogP contribution is -2.26. The molecule has 3 rings (SSSR count). The third kappa shape index (κ3) is 5.10. The van der Waals surface area contributed by atoms with Gasteiger partial charge in [-0.15, -0.1) is 11.8 Å². The van der Waals surface area contributed by atoms with Crippen LogP contribution in [-0.2, 0) is 19.4 Å². The number of methoxy groups -OCH3 is 3. The predicted molar refractivity (Wildman–Crippen MR) is 122 cm³/mol. The van der Waals surface area contributed by atoms with Gasteiger partial charge in [0.1, 0.15) is 0 Å². The molecule has 32 heavy (non-hydrogen) atoms. The lowest BCUT2D eigenvalue weighted by Gasteiger charge is -2.21. The minimum atomic E-state index is -3.74. The number of anilines is 2. The van der Waals surface area contributed by atoms with Crippen molar-refractivity contribution in [2.45, 2.75) is 28.4 Å². The molecule has 0 saturated carbocycles. The maximum atomic E-state index is 12.7. The normalized spacial score (nSPS) is 15.4. The smallest absolute Gasteiger partial charge is 0.237 e. The second-order valence-electron chi connectivity index (χ2n) is 6.94. The molecular weight excluding hydrogens is 456 g/mol. The Bertz CT molecular complexity index is 1120. The molecule has 1 heterocycles. The van der Waals surface area contributed by atoms with Crippen LogP contribution in [0.4, 0.5) is 11.4 Å². The average molecular weight is 481 g/mol. The first-order valence-electron chi connectivity index (χ1n) is 9.62. The zero-order valence-electron chi connectivity index (χ0n) is 18.1. The Morgan fingerprint density at radius 3 is 2.34 bits per heavy atom. The van der Waals surface area contributed by atoms with Crippen molar-refractivity contribution >= 4 is 44.8 Å². The number of hydrogen-bond acceptors (Lipinski definition) is 8. The zero-order chi connectivity index (χ0) is 23.5. The molecule has 0 bridgehead atoms. The minimum absolute atomic E-state index is 0.0484. The molecule has 0 aromatic heterocycles. The molecular formula is C21H24N2O7S2. The second kappa shape index (κ2) is 9.70. The van der Waals surface area contributed by atoms with E-state index < -0.39 is 15.7 Å². The summed E-state index contributed by atoms with van der Waals surface area (Å²) in [6.07, 6.45) is -0.256. The second-order valence-corrected chi connectivity index (χ2v) is 10.4. The van der Waals surface area contributed by atoms with Gasteiger partial charge in [-0.05, 0) is 25.1 Å². The largest absolute Gasteiger partial charge is 0.493 e. The highest BCUT2D eigenvalue weighted by atomic mass is 32.2. The number of carbonyl (C=O) groups is 2. The number of carbonyl (C=O) groups excluding carboxylic acids is 2. The van der Waals surface area contributed by atoms with Crippen molar-refractivity contribution < 1.29 is 32.2 Å². The molecule has 172 valence electrons. The molecule has 2 aromatic rings. The fourth-order valence-electron chi connectivity index (χ4n) is 3.10. The lowest BCUT2D eigenvalue weighted by molar-refractivity contribution is -0.116. The fraction of sp³-hybridized carbons (Fsp3) is 0.333. The van der Waals surface area contributed by atoms with Crippen LogP contribution < -0.4 is 24.8 Å². The summed E-state index contributed by atoms with van der Waals surface area (Å²) in [5.74, 6) is 0.0403. The van der Waals surface area contributed by atoms with E-state index in [1.165, 1.54) is 45.2 Å². The number of benzene rings is 2. The molecule has 0 radical (unpaired) electrons. The van der Waals surface area contributed by atoms with Gasteiger partial charge in [0.05, 0.1) is 42.9 Å². The third-order valence-corrected chi connectivity index (χ3v) is 7.68. The Hall–Kier alpha value is -2.92. The van der Waals surface area contributed by atoms with E-state index in [1.54, 1.807) is 25.1 Å². The van der Waals surface area contributed by atoms with Gasteiger partial charge in [0.2, 0.25) is 17.6 Å². The maximum absolute atomic E-state index is 12.7. The molecule has 0 spiro atoms. The molecule has 2 amide bonds. The van der Waals surface area contributed by atoms with Gasteiger partial charge < -0.3 is 24.8 Å². The molecule has 11 heteroatoms. The van der Waals surface area contributed by atoms with Gasteiger partial charge >= 0.3 is 0 Å². The summed E-state index contributed by atoms with van der Waals surface area (Å²) in [6, 6.07) is 7.69. The van der Waals surface area contributed by atoms with E-state index in [9.17, 15) is 18.0 Å². The van der Waals surface area contributed by atoms with Crippen LogP contribution in [0.5, 0.6) is 17.2 Å². The van der Waals surface area contributed by atoms with Gasteiger partial charge in [-0.2, -0.15) is 0 Å². The highest BCUT2D eigenvalue weighted by Crippen LogP contribution is 2.40. The molecule has 1 atom stereocenters. The van der Waals surface area contributed by atoms with Crippen molar-refractivity contribution in [1.29, 1.82) is 0 Å². The van der Waals surface area contributed by atoms with Crippen molar-refractivity contribution in [3.05, 3.63) is 30.3 Å². The molecule has 9 nitrogen and oxygen atoms in total. The molecule has 0 saturated heterocycles. The van der Waals surface area contributed by atoms with Gasteiger partial charge in [0.25, 0.3) is 0 Å². The Kier molecular flexibility index (Phi) is 7.19. The quantitative estimate of drug-likeness (QED) is 0.592. The molecule has 0 fully saturated rings. The third-order valence-electron chi connectivity index (χ3n) is 4.79. The first-order chi connectivity index (χ1) is 15.2. The number of fused-ring (bicyclic) bond motifs is 1. The zero-order valence-corrected chi connectivity index (χ0v) is 19.7. The van der Waals surface area contributed by atoms with Crippen molar-refractivity contribution in [2.24, 2.45) is 0 Å². The van der Waals surface area contributed by atoms with E-state index >= 15 is 0 Å². The Labute approximate surface area is 190 Å². The van der Waals surface area contributed by atoms with Gasteiger partial charge in [-0.3, -0.25) is 9.59 Å². The Balaban J connectivity index is 1.70. The predicted octanol–water partition coefficient (Wildman–Crippen LogP) is 2.95. The fourth-order valence-corrected chi connectivity index (χ4v) is 5.30.